The summed E-state index contributed by atoms with van der Waals surface area (Å²) in [7, 11) is 0. The number of nitrogens with zero attached hydrogens (tertiary/aromatic N) is 3. The molecule has 5 heteroatoms. The molecule has 0 saturated heterocycles. The molecule has 0 aliphatic rings. The molecule has 0 fully saturated rings. The second-order valence-electron chi connectivity index (χ2n) is 4.83. The van der Waals surface area contributed by atoms with E-state index < -0.39 is 0 Å². The Hall–Kier alpha value is -1.88. The maximum Gasteiger partial charge on any atom is 0.102 e. The minimum atomic E-state index is 0.0761. The van der Waals surface area contributed by atoms with Crippen molar-refractivity contribution >= 4 is 5.69 Å². The topological polar surface area (TPSA) is 63.0 Å². The van der Waals surface area contributed by atoms with Crippen LogP contribution in [0.5, 0.6) is 0 Å². The van der Waals surface area contributed by atoms with Crippen molar-refractivity contribution in [3.63, 3.8) is 0 Å². The van der Waals surface area contributed by atoms with E-state index in [9.17, 15) is 0 Å². The Balaban J connectivity index is 1.95. The summed E-state index contributed by atoms with van der Waals surface area (Å²) in [6.45, 7) is 5.55. The summed E-state index contributed by atoms with van der Waals surface area (Å²) in [4.78, 5) is 0. The summed E-state index contributed by atoms with van der Waals surface area (Å²) < 4.78 is 1.64. The number of hydrogen-bond acceptors (Lipinski definition) is 4. The van der Waals surface area contributed by atoms with E-state index in [-0.39, 0.29) is 6.61 Å². The normalized spacial score (nSPS) is 10.9. The van der Waals surface area contributed by atoms with Crippen molar-refractivity contribution < 1.29 is 5.11 Å². The van der Waals surface area contributed by atoms with E-state index in [1.807, 2.05) is 12.3 Å². The van der Waals surface area contributed by atoms with Gasteiger partial charge in [-0.1, -0.05) is 31.2 Å². The van der Waals surface area contributed by atoms with Crippen LogP contribution in [0.3, 0.4) is 0 Å². The molecule has 0 atom stereocenters. The van der Waals surface area contributed by atoms with Crippen LogP contribution in [0.2, 0.25) is 0 Å². The lowest BCUT2D eigenvalue weighted by Gasteiger charge is -2.09. The fourth-order valence-electron chi connectivity index (χ4n) is 1.83. The zero-order chi connectivity index (χ0) is 13.7. The van der Waals surface area contributed by atoms with Crippen LogP contribution >= 0.6 is 0 Å². The minimum absolute atomic E-state index is 0.0761. The first kappa shape index (κ1) is 13.5. The monoisotopic (exact) mass is 260 g/mol. The number of hydrogen-bond donors (Lipinski definition) is 2. The van der Waals surface area contributed by atoms with Crippen molar-refractivity contribution in [3.8, 4) is 0 Å². The fourth-order valence-corrected chi connectivity index (χ4v) is 1.83. The highest BCUT2D eigenvalue weighted by Crippen LogP contribution is 2.18. The third kappa shape index (κ3) is 3.79. The average molecular weight is 260 g/mol. The van der Waals surface area contributed by atoms with Crippen molar-refractivity contribution in [3.05, 3.63) is 41.7 Å². The molecule has 2 N–H and O–H groups in total. The van der Waals surface area contributed by atoms with Gasteiger partial charge in [0.25, 0.3) is 0 Å². The number of aromatic nitrogens is 3. The average Bonchev–Trinajstić information content (AvgIpc) is 2.85. The van der Waals surface area contributed by atoms with Gasteiger partial charge in [0, 0.05) is 5.69 Å². The van der Waals surface area contributed by atoms with Gasteiger partial charge in [-0.15, -0.1) is 5.10 Å². The van der Waals surface area contributed by atoms with E-state index in [2.05, 4.69) is 47.7 Å². The van der Waals surface area contributed by atoms with E-state index in [1.54, 1.807) is 4.68 Å². The first-order valence-electron chi connectivity index (χ1n) is 6.52. The van der Waals surface area contributed by atoms with Crippen molar-refractivity contribution in [1.29, 1.82) is 0 Å². The first-order chi connectivity index (χ1) is 9.19. The highest BCUT2D eigenvalue weighted by Gasteiger charge is 2.02. The van der Waals surface area contributed by atoms with Gasteiger partial charge in [-0.25, -0.2) is 4.68 Å². The Labute approximate surface area is 113 Å². The second kappa shape index (κ2) is 6.33. The second-order valence-corrected chi connectivity index (χ2v) is 4.83. The number of aliphatic hydroxyl groups excluding tert-OH is 1. The Morgan fingerprint density at radius 3 is 2.95 bits per heavy atom. The molecule has 0 aliphatic carbocycles. The smallest absolute Gasteiger partial charge is 0.102 e. The Morgan fingerprint density at radius 1 is 1.37 bits per heavy atom. The molecule has 0 saturated carbocycles. The quantitative estimate of drug-likeness (QED) is 0.834. The van der Waals surface area contributed by atoms with Gasteiger partial charge in [0.1, 0.15) is 5.69 Å². The molecule has 5 nitrogen and oxygen atoms in total. The first-order valence-corrected chi connectivity index (χ1v) is 6.52. The van der Waals surface area contributed by atoms with E-state index in [1.165, 1.54) is 5.56 Å². The Kier molecular flexibility index (Phi) is 4.52. The predicted molar refractivity (Wildman–Crippen MR) is 75.0 cm³/mol. The number of rotatable bonds is 6. The summed E-state index contributed by atoms with van der Waals surface area (Å²) in [5.41, 5.74) is 3.26. The molecule has 1 heterocycles. The van der Waals surface area contributed by atoms with Gasteiger partial charge in [0.2, 0.25) is 0 Å². The summed E-state index contributed by atoms with van der Waals surface area (Å²) in [6.07, 6.45) is 1.84. The zero-order valence-corrected chi connectivity index (χ0v) is 11.4. The number of anilines is 1. The number of aliphatic hydroxyl groups is 1. The van der Waals surface area contributed by atoms with Crippen LogP contribution < -0.4 is 5.32 Å². The van der Waals surface area contributed by atoms with Gasteiger partial charge < -0.3 is 10.4 Å². The lowest BCUT2D eigenvalue weighted by molar-refractivity contribution is 0.268. The Morgan fingerprint density at radius 2 is 2.21 bits per heavy atom. The molecule has 2 rings (SSSR count). The largest absolute Gasteiger partial charge is 0.394 e. The SMILES string of the molecule is CC(C)c1cccc(NCc2cn(CCO)nn2)c1. The third-order valence-electron chi connectivity index (χ3n) is 2.94. The van der Waals surface area contributed by atoms with Crippen LogP contribution in [0.15, 0.2) is 30.5 Å². The highest BCUT2D eigenvalue weighted by molar-refractivity contribution is 5.46. The molecular weight excluding hydrogens is 240 g/mol. The Bertz CT molecular complexity index is 522. The molecule has 0 bridgehead atoms. The van der Waals surface area contributed by atoms with E-state index in [4.69, 9.17) is 5.11 Å². The third-order valence-corrected chi connectivity index (χ3v) is 2.94. The molecular formula is C14H20N4O. The van der Waals surface area contributed by atoms with Crippen LogP contribution in [0.4, 0.5) is 5.69 Å². The molecule has 1 aromatic heterocycles. The maximum atomic E-state index is 8.82. The maximum absolute atomic E-state index is 8.82. The van der Waals surface area contributed by atoms with Crippen LogP contribution in [0, 0.1) is 0 Å². The van der Waals surface area contributed by atoms with Gasteiger partial charge in [-0.3, -0.25) is 0 Å². The van der Waals surface area contributed by atoms with Gasteiger partial charge in [0.15, 0.2) is 0 Å². The number of benzene rings is 1. The molecule has 0 radical (unpaired) electrons. The lowest BCUT2D eigenvalue weighted by atomic mass is 10.0. The molecule has 0 unspecified atom stereocenters. The molecule has 0 aliphatic heterocycles. The molecule has 2 aromatic rings. The van der Waals surface area contributed by atoms with E-state index >= 15 is 0 Å². The summed E-state index contributed by atoms with van der Waals surface area (Å²) in [5.74, 6) is 0.521. The van der Waals surface area contributed by atoms with Crippen LogP contribution in [0.25, 0.3) is 0 Å². The van der Waals surface area contributed by atoms with Crippen molar-refractivity contribution in [2.45, 2.75) is 32.9 Å². The van der Waals surface area contributed by atoms with Gasteiger partial charge >= 0.3 is 0 Å². The van der Waals surface area contributed by atoms with Crippen molar-refractivity contribution in [1.82, 2.24) is 15.0 Å². The van der Waals surface area contributed by atoms with Gasteiger partial charge in [0.05, 0.1) is 25.9 Å². The van der Waals surface area contributed by atoms with E-state index in [0.717, 1.165) is 11.4 Å². The molecule has 0 spiro atoms. The fraction of sp³-hybridized carbons (Fsp3) is 0.429. The van der Waals surface area contributed by atoms with E-state index in [0.29, 0.717) is 19.0 Å². The molecule has 1 aromatic carbocycles. The zero-order valence-electron chi connectivity index (χ0n) is 11.4. The van der Waals surface area contributed by atoms with Crippen LogP contribution in [-0.2, 0) is 13.1 Å². The summed E-state index contributed by atoms with van der Waals surface area (Å²) in [6, 6.07) is 8.39. The summed E-state index contributed by atoms with van der Waals surface area (Å²) in [5, 5.41) is 20.1. The molecule has 0 amide bonds. The van der Waals surface area contributed by atoms with Crippen molar-refractivity contribution in [2.24, 2.45) is 0 Å². The minimum Gasteiger partial charge on any atom is -0.394 e. The summed E-state index contributed by atoms with van der Waals surface area (Å²) >= 11 is 0. The number of nitrogens with one attached hydrogen (secondary N) is 1. The molecule has 19 heavy (non-hydrogen) atoms. The van der Waals surface area contributed by atoms with Crippen LogP contribution in [-0.4, -0.2) is 26.7 Å². The van der Waals surface area contributed by atoms with Gasteiger partial charge in [-0.2, -0.15) is 0 Å². The predicted octanol–water partition coefficient (Wildman–Crippen LogP) is 2.01. The highest BCUT2D eigenvalue weighted by atomic mass is 16.3. The van der Waals surface area contributed by atoms with Crippen molar-refractivity contribution in [2.75, 3.05) is 11.9 Å². The van der Waals surface area contributed by atoms with Gasteiger partial charge in [-0.05, 0) is 23.6 Å². The van der Waals surface area contributed by atoms with Crippen LogP contribution in [0.1, 0.15) is 31.0 Å². The standard InChI is InChI=1S/C14H20N4O/c1-11(2)12-4-3-5-13(8-12)15-9-14-10-18(6-7-19)17-16-14/h3-5,8,10-11,15,19H,6-7,9H2,1-2H3. The molecule has 102 valence electrons. The lowest BCUT2D eigenvalue weighted by Crippen LogP contribution is -2.02.